The third-order valence-electron chi connectivity index (χ3n) is 2.31. The standard InChI is InChI=1S/C13H12BrNO2/c1-9-2-4-12(7-15-9)17-11-5-3-10(8-16)13(14)6-11/h2-7,16H,8H2,1H3. The van der Waals surface area contributed by atoms with Crippen LogP contribution in [0.2, 0.25) is 0 Å². The number of nitrogens with zero attached hydrogens (tertiary/aromatic N) is 1. The van der Waals surface area contributed by atoms with Gasteiger partial charge in [-0.3, -0.25) is 4.98 Å². The first kappa shape index (κ1) is 12.1. The molecule has 0 fully saturated rings. The summed E-state index contributed by atoms with van der Waals surface area (Å²) < 4.78 is 6.47. The van der Waals surface area contributed by atoms with Crippen molar-refractivity contribution in [3.63, 3.8) is 0 Å². The van der Waals surface area contributed by atoms with E-state index in [0.717, 1.165) is 15.7 Å². The van der Waals surface area contributed by atoms with Crippen molar-refractivity contribution in [2.24, 2.45) is 0 Å². The molecule has 2 rings (SSSR count). The molecule has 1 N–H and O–H groups in total. The maximum atomic E-state index is 9.05. The van der Waals surface area contributed by atoms with Crippen LogP contribution in [0.5, 0.6) is 11.5 Å². The number of pyridine rings is 1. The van der Waals surface area contributed by atoms with Gasteiger partial charge < -0.3 is 9.84 Å². The number of aliphatic hydroxyl groups excluding tert-OH is 1. The van der Waals surface area contributed by atoms with Gasteiger partial charge in [-0.25, -0.2) is 0 Å². The summed E-state index contributed by atoms with van der Waals surface area (Å²) in [6.07, 6.45) is 1.68. The van der Waals surface area contributed by atoms with Crippen LogP contribution in [0.3, 0.4) is 0 Å². The highest BCUT2D eigenvalue weighted by atomic mass is 79.9. The van der Waals surface area contributed by atoms with Gasteiger partial charge in [-0.1, -0.05) is 22.0 Å². The Morgan fingerprint density at radius 2 is 2.00 bits per heavy atom. The van der Waals surface area contributed by atoms with Crippen LogP contribution in [-0.2, 0) is 6.61 Å². The van der Waals surface area contributed by atoms with Crippen LogP contribution < -0.4 is 4.74 Å². The molecule has 0 aliphatic heterocycles. The molecule has 0 saturated carbocycles. The smallest absolute Gasteiger partial charge is 0.145 e. The van der Waals surface area contributed by atoms with Crippen LogP contribution >= 0.6 is 15.9 Å². The van der Waals surface area contributed by atoms with E-state index >= 15 is 0 Å². The van der Waals surface area contributed by atoms with E-state index in [1.165, 1.54) is 0 Å². The van der Waals surface area contributed by atoms with E-state index in [0.29, 0.717) is 11.5 Å². The average molecular weight is 294 g/mol. The molecule has 17 heavy (non-hydrogen) atoms. The Labute approximate surface area is 108 Å². The molecule has 1 heterocycles. The summed E-state index contributed by atoms with van der Waals surface area (Å²) >= 11 is 3.38. The van der Waals surface area contributed by atoms with Gasteiger partial charge in [0.15, 0.2) is 0 Å². The lowest BCUT2D eigenvalue weighted by Crippen LogP contribution is -1.89. The summed E-state index contributed by atoms with van der Waals surface area (Å²) in [5.74, 6) is 1.40. The molecule has 0 aliphatic carbocycles. The summed E-state index contributed by atoms with van der Waals surface area (Å²) in [5, 5.41) is 9.05. The van der Waals surface area contributed by atoms with Gasteiger partial charge in [-0.15, -0.1) is 0 Å². The first-order valence-corrected chi connectivity index (χ1v) is 5.98. The Hall–Kier alpha value is -1.39. The Morgan fingerprint density at radius 3 is 2.59 bits per heavy atom. The Balaban J connectivity index is 2.19. The lowest BCUT2D eigenvalue weighted by atomic mass is 10.2. The molecule has 1 aromatic carbocycles. The van der Waals surface area contributed by atoms with E-state index in [4.69, 9.17) is 9.84 Å². The molecule has 1 aromatic heterocycles. The predicted molar refractivity (Wildman–Crippen MR) is 69.1 cm³/mol. The molecule has 2 aromatic rings. The van der Waals surface area contributed by atoms with Gasteiger partial charge in [-0.2, -0.15) is 0 Å². The second-order valence-electron chi connectivity index (χ2n) is 3.65. The van der Waals surface area contributed by atoms with Crippen molar-refractivity contribution in [3.8, 4) is 11.5 Å². The van der Waals surface area contributed by atoms with Gasteiger partial charge in [-0.05, 0) is 36.8 Å². The number of hydrogen-bond acceptors (Lipinski definition) is 3. The third kappa shape index (κ3) is 3.05. The van der Waals surface area contributed by atoms with E-state index in [2.05, 4.69) is 20.9 Å². The van der Waals surface area contributed by atoms with E-state index in [9.17, 15) is 0 Å². The minimum absolute atomic E-state index is 0.00690. The quantitative estimate of drug-likeness (QED) is 0.943. The van der Waals surface area contributed by atoms with E-state index in [1.54, 1.807) is 6.20 Å². The average Bonchev–Trinajstić information content (AvgIpc) is 2.32. The van der Waals surface area contributed by atoms with E-state index in [1.807, 2.05) is 37.3 Å². The highest BCUT2D eigenvalue weighted by Gasteiger charge is 2.02. The zero-order chi connectivity index (χ0) is 12.3. The molecule has 0 atom stereocenters. The molecule has 0 spiro atoms. The minimum atomic E-state index is 0.00690. The van der Waals surface area contributed by atoms with Gasteiger partial charge in [0.25, 0.3) is 0 Å². The molecule has 0 unspecified atom stereocenters. The van der Waals surface area contributed by atoms with Crippen molar-refractivity contribution in [2.75, 3.05) is 0 Å². The van der Waals surface area contributed by atoms with Crippen molar-refractivity contribution >= 4 is 15.9 Å². The van der Waals surface area contributed by atoms with Crippen LogP contribution in [-0.4, -0.2) is 10.1 Å². The first-order valence-electron chi connectivity index (χ1n) is 5.19. The van der Waals surface area contributed by atoms with Gasteiger partial charge in [0.2, 0.25) is 0 Å². The summed E-state index contributed by atoms with van der Waals surface area (Å²) in [7, 11) is 0. The normalized spacial score (nSPS) is 10.3. The number of hydrogen-bond donors (Lipinski definition) is 1. The SMILES string of the molecule is Cc1ccc(Oc2ccc(CO)c(Br)c2)cn1. The summed E-state index contributed by atoms with van der Waals surface area (Å²) in [5.41, 5.74) is 1.79. The van der Waals surface area contributed by atoms with Crippen LogP contribution in [0.15, 0.2) is 41.0 Å². The number of halogens is 1. The molecule has 0 bridgehead atoms. The maximum Gasteiger partial charge on any atom is 0.145 e. The lowest BCUT2D eigenvalue weighted by molar-refractivity contribution is 0.281. The molecule has 0 saturated heterocycles. The predicted octanol–water partition coefficient (Wildman–Crippen LogP) is 3.44. The zero-order valence-electron chi connectivity index (χ0n) is 9.35. The number of rotatable bonds is 3. The fourth-order valence-corrected chi connectivity index (χ4v) is 1.85. The number of ether oxygens (including phenoxy) is 1. The number of aryl methyl sites for hydroxylation is 1. The monoisotopic (exact) mass is 293 g/mol. The van der Waals surface area contributed by atoms with Crippen molar-refractivity contribution < 1.29 is 9.84 Å². The number of aliphatic hydroxyl groups is 1. The van der Waals surface area contributed by atoms with Crippen molar-refractivity contribution in [1.29, 1.82) is 0 Å². The van der Waals surface area contributed by atoms with Crippen LogP contribution in [0.25, 0.3) is 0 Å². The molecule has 0 amide bonds. The molecule has 4 heteroatoms. The molecule has 3 nitrogen and oxygen atoms in total. The number of benzene rings is 1. The summed E-state index contributed by atoms with van der Waals surface area (Å²) in [4.78, 5) is 4.15. The molecule has 0 aliphatic rings. The second kappa shape index (κ2) is 5.29. The van der Waals surface area contributed by atoms with Crippen molar-refractivity contribution in [2.45, 2.75) is 13.5 Å². The molecular formula is C13H12BrNO2. The van der Waals surface area contributed by atoms with Crippen LogP contribution in [0, 0.1) is 6.92 Å². The zero-order valence-corrected chi connectivity index (χ0v) is 10.9. The van der Waals surface area contributed by atoms with Gasteiger partial charge in [0.1, 0.15) is 11.5 Å². The fraction of sp³-hybridized carbons (Fsp3) is 0.154. The third-order valence-corrected chi connectivity index (χ3v) is 3.05. The van der Waals surface area contributed by atoms with Crippen molar-refractivity contribution in [3.05, 3.63) is 52.3 Å². The summed E-state index contributed by atoms with van der Waals surface area (Å²) in [6.45, 7) is 1.93. The van der Waals surface area contributed by atoms with Crippen LogP contribution in [0.1, 0.15) is 11.3 Å². The Bertz CT molecular complexity index is 511. The number of aromatic nitrogens is 1. The molecular weight excluding hydrogens is 282 g/mol. The Morgan fingerprint density at radius 1 is 1.24 bits per heavy atom. The molecule has 0 radical (unpaired) electrons. The van der Waals surface area contributed by atoms with Crippen LogP contribution in [0.4, 0.5) is 0 Å². The van der Waals surface area contributed by atoms with E-state index < -0.39 is 0 Å². The Kier molecular flexibility index (Phi) is 3.76. The highest BCUT2D eigenvalue weighted by Crippen LogP contribution is 2.26. The fourth-order valence-electron chi connectivity index (χ4n) is 1.37. The largest absolute Gasteiger partial charge is 0.456 e. The maximum absolute atomic E-state index is 9.05. The minimum Gasteiger partial charge on any atom is -0.456 e. The van der Waals surface area contributed by atoms with Crippen molar-refractivity contribution in [1.82, 2.24) is 4.98 Å². The highest BCUT2D eigenvalue weighted by molar-refractivity contribution is 9.10. The topological polar surface area (TPSA) is 42.4 Å². The van der Waals surface area contributed by atoms with Gasteiger partial charge in [0.05, 0.1) is 12.8 Å². The van der Waals surface area contributed by atoms with E-state index in [-0.39, 0.29) is 6.61 Å². The lowest BCUT2D eigenvalue weighted by Gasteiger charge is -2.07. The first-order chi connectivity index (χ1) is 8.19. The van der Waals surface area contributed by atoms with Gasteiger partial charge in [0, 0.05) is 10.2 Å². The molecule has 88 valence electrons. The van der Waals surface area contributed by atoms with Gasteiger partial charge >= 0.3 is 0 Å². The second-order valence-corrected chi connectivity index (χ2v) is 4.50. The summed E-state index contributed by atoms with van der Waals surface area (Å²) in [6, 6.07) is 9.23.